The Balaban J connectivity index is 2.27. The molecule has 6 nitrogen and oxygen atoms in total. The minimum atomic E-state index is -3.84. The smallest absolute Gasteiger partial charge is 0.251 e. The number of hydrogen-bond acceptors (Lipinski definition) is 4. The van der Waals surface area contributed by atoms with Gasteiger partial charge in [0, 0.05) is 17.6 Å². The highest BCUT2D eigenvalue weighted by molar-refractivity contribution is 7.89. The Hall–Kier alpha value is -2.38. The molecule has 0 spiro atoms. The van der Waals surface area contributed by atoms with E-state index in [9.17, 15) is 13.2 Å². The summed E-state index contributed by atoms with van der Waals surface area (Å²) >= 11 is 0. The third-order valence-electron chi connectivity index (χ3n) is 3.45. The number of rotatable bonds is 6. The second kappa shape index (κ2) is 7.88. The number of benzene rings is 2. The molecule has 2 rings (SSSR count). The van der Waals surface area contributed by atoms with E-state index in [2.05, 4.69) is 10.0 Å². The van der Waals surface area contributed by atoms with Crippen molar-refractivity contribution in [3.8, 4) is 5.75 Å². The standard InChI is InChI=1S/C19H24N2O4S/c1-19(2,3)21-26(23,24)17-12-15(10-11-16(17)25-4)18(22)20-13-14-8-6-5-7-9-14/h5-12,21H,13H2,1-4H3,(H,20,22). The zero-order valence-corrected chi connectivity index (χ0v) is 16.2. The maximum Gasteiger partial charge on any atom is 0.251 e. The quantitative estimate of drug-likeness (QED) is 0.812. The van der Waals surface area contributed by atoms with Crippen molar-refractivity contribution in [2.24, 2.45) is 0 Å². The molecular formula is C19H24N2O4S. The van der Waals surface area contributed by atoms with Crippen LogP contribution in [-0.4, -0.2) is 27.0 Å². The van der Waals surface area contributed by atoms with Crippen LogP contribution in [0.4, 0.5) is 0 Å². The van der Waals surface area contributed by atoms with Crippen molar-refractivity contribution in [3.63, 3.8) is 0 Å². The molecule has 26 heavy (non-hydrogen) atoms. The molecule has 7 heteroatoms. The first-order valence-electron chi connectivity index (χ1n) is 8.16. The van der Waals surface area contributed by atoms with E-state index in [4.69, 9.17) is 4.74 Å². The predicted octanol–water partition coefficient (Wildman–Crippen LogP) is 2.70. The van der Waals surface area contributed by atoms with Gasteiger partial charge in [0.2, 0.25) is 10.0 Å². The van der Waals surface area contributed by atoms with Crippen molar-refractivity contribution in [2.75, 3.05) is 7.11 Å². The number of methoxy groups -OCH3 is 1. The minimum Gasteiger partial charge on any atom is -0.495 e. The Morgan fingerprint density at radius 2 is 1.73 bits per heavy atom. The SMILES string of the molecule is COc1ccc(C(=O)NCc2ccccc2)cc1S(=O)(=O)NC(C)(C)C. The molecule has 0 saturated heterocycles. The Morgan fingerprint density at radius 1 is 1.08 bits per heavy atom. The lowest BCUT2D eigenvalue weighted by molar-refractivity contribution is 0.0950. The number of ether oxygens (including phenoxy) is 1. The fourth-order valence-corrected chi connectivity index (χ4v) is 3.98. The largest absolute Gasteiger partial charge is 0.495 e. The van der Waals surface area contributed by atoms with Crippen molar-refractivity contribution in [3.05, 3.63) is 59.7 Å². The monoisotopic (exact) mass is 376 g/mol. The second-order valence-electron chi connectivity index (χ2n) is 6.89. The van der Waals surface area contributed by atoms with E-state index in [0.29, 0.717) is 6.54 Å². The van der Waals surface area contributed by atoms with Gasteiger partial charge >= 0.3 is 0 Å². The molecule has 0 aliphatic heterocycles. The first-order valence-corrected chi connectivity index (χ1v) is 9.65. The number of nitrogens with one attached hydrogen (secondary N) is 2. The van der Waals surface area contributed by atoms with Gasteiger partial charge < -0.3 is 10.1 Å². The maximum atomic E-state index is 12.7. The van der Waals surface area contributed by atoms with Gasteiger partial charge in [-0.1, -0.05) is 30.3 Å². The molecule has 2 aromatic rings. The van der Waals surface area contributed by atoms with Gasteiger partial charge in [-0.25, -0.2) is 13.1 Å². The van der Waals surface area contributed by atoms with Crippen molar-refractivity contribution >= 4 is 15.9 Å². The lowest BCUT2D eigenvalue weighted by Crippen LogP contribution is -2.40. The van der Waals surface area contributed by atoms with Gasteiger partial charge in [-0.05, 0) is 44.5 Å². The van der Waals surface area contributed by atoms with Crippen LogP contribution in [0.5, 0.6) is 5.75 Å². The van der Waals surface area contributed by atoms with Crippen LogP contribution in [0.1, 0.15) is 36.7 Å². The molecule has 2 N–H and O–H groups in total. The third kappa shape index (κ3) is 5.31. The maximum absolute atomic E-state index is 12.7. The first-order chi connectivity index (χ1) is 12.1. The molecule has 0 saturated carbocycles. The number of carbonyl (C=O) groups is 1. The van der Waals surface area contributed by atoms with Crippen LogP contribution in [0.15, 0.2) is 53.4 Å². The van der Waals surface area contributed by atoms with Crippen LogP contribution in [0, 0.1) is 0 Å². The van der Waals surface area contributed by atoms with E-state index in [1.165, 1.54) is 25.3 Å². The average molecular weight is 376 g/mol. The normalized spacial score (nSPS) is 11.8. The highest BCUT2D eigenvalue weighted by Crippen LogP contribution is 2.26. The molecule has 2 aromatic carbocycles. The number of hydrogen-bond donors (Lipinski definition) is 2. The Bertz CT molecular complexity index is 872. The summed E-state index contributed by atoms with van der Waals surface area (Å²) in [5.41, 5.74) is 0.544. The Kier molecular flexibility index (Phi) is 6.05. The lowest BCUT2D eigenvalue weighted by Gasteiger charge is -2.21. The van der Waals surface area contributed by atoms with Crippen LogP contribution in [-0.2, 0) is 16.6 Å². The van der Waals surface area contributed by atoms with E-state index in [-0.39, 0.29) is 22.1 Å². The molecule has 0 aliphatic carbocycles. The van der Waals surface area contributed by atoms with Crippen molar-refractivity contribution in [1.82, 2.24) is 10.0 Å². The van der Waals surface area contributed by atoms with Gasteiger partial charge in [0.25, 0.3) is 5.91 Å². The Labute approximate surface area is 154 Å². The summed E-state index contributed by atoms with van der Waals surface area (Å²) in [5, 5.41) is 2.78. The van der Waals surface area contributed by atoms with Gasteiger partial charge in [0.1, 0.15) is 10.6 Å². The van der Waals surface area contributed by atoms with Crippen molar-refractivity contribution in [2.45, 2.75) is 37.8 Å². The van der Waals surface area contributed by atoms with Crippen LogP contribution in [0.25, 0.3) is 0 Å². The van der Waals surface area contributed by atoms with Gasteiger partial charge in [-0.3, -0.25) is 4.79 Å². The summed E-state index contributed by atoms with van der Waals surface area (Å²) in [6.07, 6.45) is 0. The highest BCUT2D eigenvalue weighted by Gasteiger charge is 2.26. The molecule has 0 aliphatic rings. The molecule has 1 amide bonds. The van der Waals surface area contributed by atoms with Gasteiger partial charge in [0.05, 0.1) is 7.11 Å². The molecule has 140 valence electrons. The average Bonchev–Trinajstić information content (AvgIpc) is 2.58. The molecule has 0 aromatic heterocycles. The molecular weight excluding hydrogens is 352 g/mol. The van der Waals surface area contributed by atoms with Gasteiger partial charge in [-0.2, -0.15) is 0 Å². The zero-order valence-electron chi connectivity index (χ0n) is 15.4. The number of carbonyl (C=O) groups excluding carboxylic acids is 1. The number of sulfonamides is 1. The fraction of sp³-hybridized carbons (Fsp3) is 0.316. The van der Waals surface area contributed by atoms with E-state index in [1.807, 2.05) is 30.3 Å². The fourth-order valence-electron chi connectivity index (χ4n) is 2.37. The van der Waals surface area contributed by atoms with Gasteiger partial charge in [0.15, 0.2) is 0 Å². The van der Waals surface area contributed by atoms with Crippen molar-refractivity contribution < 1.29 is 17.9 Å². The van der Waals surface area contributed by atoms with Crippen molar-refractivity contribution in [1.29, 1.82) is 0 Å². The topological polar surface area (TPSA) is 84.5 Å². The summed E-state index contributed by atoms with van der Waals surface area (Å²) in [6, 6.07) is 13.8. The molecule has 0 heterocycles. The van der Waals surface area contributed by atoms with E-state index < -0.39 is 15.6 Å². The predicted molar refractivity (Wildman–Crippen MR) is 101 cm³/mol. The molecule has 0 radical (unpaired) electrons. The minimum absolute atomic E-state index is 0.0673. The second-order valence-corrected chi connectivity index (χ2v) is 8.54. The van der Waals surface area contributed by atoms with E-state index in [1.54, 1.807) is 20.8 Å². The summed E-state index contributed by atoms with van der Waals surface area (Å²) in [4.78, 5) is 12.3. The van der Waals surface area contributed by atoms with Crippen LogP contribution < -0.4 is 14.8 Å². The van der Waals surface area contributed by atoms with E-state index in [0.717, 1.165) is 5.56 Å². The van der Waals surface area contributed by atoms with Gasteiger partial charge in [-0.15, -0.1) is 0 Å². The zero-order chi connectivity index (χ0) is 19.4. The summed E-state index contributed by atoms with van der Waals surface area (Å²) in [7, 11) is -2.45. The first kappa shape index (κ1) is 19.9. The van der Waals surface area contributed by atoms with Crippen LogP contribution in [0.3, 0.4) is 0 Å². The molecule has 0 atom stereocenters. The number of amides is 1. The van der Waals surface area contributed by atoms with E-state index >= 15 is 0 Å². The summed E-state index contributed by atoms with van der Waals surface area (Å²) in [6.45, 7) is 5.59. The Morgan fingerprint density at radius 3 is 2.31 bits per heavy atom. The highest BCUT2D eigenvalue weighted by atomic mass is 32.2. The van der Waals surface area contributed by atoms with Crippen LogP contribution >= 0.6 is 0 Å². The summed E-state index contributed by atoms with van der Waals surface area (Å²) < 4.78 is 33.0. The molecule has 0 bridgehead atoms. The molecule has 0 unspecified atom stereocenters. The summed E-state index contributed by atoms with van der Waals surface area (Å²) in [5.74, 6) is -0.176. The third-order valence-corrected chi connectivity index (χ3v) is 5.23. The lowest BCUT2D eigenvalue weighted by atomic mass is 10.1. The van der Waals surface area contributed by atoms with Crippen LogP contribution in [0.2, 0.25) is 0 Å². The molecule has 0 fully saturated rings.